The molecule has 0 spiro atoms. The van der Waals surface area contributed by atoms with Crippen LogP contribution in [0.15, 0.2) is 67.0 Å². The zero-order valence-electron chi connectivity index (χ0n) is 12.1. The summed E-state index contributed by atoms with van der Waals surface area (Å²) in [6.07, 6.45) is 4.97. The zero-order chi connectivity index (χ0) is 15.5. The lowest BCUT2D eigenvalue weighted by Gasteiger charge is -2.20. The van der Waals surface area contributed by atoms with E-state index < -0.39 is 0 Å². The van der Waals surface area contributed by atoms with Crippen LogP contribution in [0.2, 0.25) is 5.02 Å². The van der Waals surface area contributed by atoms with Gasteiger partial charge in [-0.3, -0.25) is 0 Å². The summed E-state index contributed by atoms with van der Waals surface area (Å²) in [4.78, 5) is 0. The molecule has 1 atom stereocenters. The molecule has 1 unspecified atom stereocenters. The fourth-order valence-electron chi connectivity index (χ4n) is 2.61. The summed E-state index contributed by atoms with van der Waals surface area (Å²) < 4.78 is 2.19. The molecule has 0 fully saturated rings. The third-order valence-corrected chi connectivity index (χ3v) is 4.07. The van der Waals surface area contributed by atoms with E-state index in [0.717, 1.165) is 17.0 Å². The van der Waals surface area contributed by atoms with Gasteiger partial charge >= 0.3 is 0 Å². The summed E-state index contributed by atoms with van der Waals surface area (Å²) in [7, 11) is 0. The van der Waals surface area contributed by atoms with E-state index in [9.17, 15) is 0 Å². The molecule has 0 aliphatic carbocycles. The average Bonchev–Trinajstić information content (AvgIpc) is 3.03. The molecule has 4 N–H and O–H groups in total. The van der Waals surface area contributed by atoms with Gasteiger partial charge in [0.15, 0.2) is 0 Å². The van der Waals surface area contributed by atoms with Crippen molar-refractivity contribution in [1.29, 1.82) is 0 Å². The first-order valence-corrected chi connectivity index (χ1v) is 7.53. The number of anilines is 2. The third kappa shape index (κ3) is 3.10. The van der Waals surface area contributed by atoms with Crippen LogP contribution in [0.5, 0.6) is 0 Å². The first kappa shape index (κ1) is 14.5. The molecule has 3 aromatic rings. The maximum atomic E-state index is 6.00. The highest BCUT2D eigenvalue weighted by Crippen LogP contribution is 2.26. The van der Waals surface area contributed by atoms with Crippen molar-refractivity contribution in [2.75, 3.05) is 11.5 Å². The van der Waals surface area contributed by atoms with Crippen molar-refractivity contribution in [3.8, 4) is 0 Å². The van der Waals surface area contributed by atoms with Gasteiger partial charge in [-0.05, 0) is 53.9 Å². The molecule has 112 valence electrons. The van der Waals surface area contributed by atoms with Gasteiger partial charge in [-0.1, -0.05) is 29.8 Å². The first-order valence-electron chi connectivity index (χ1n) is 7.15. The predicted octanol–water partition coefficient (Wildman–Crippen LogP) is 4.14. The minimum absolute atomic E-state index is 0.190. The van der Waals surface area contributed by atoms with Gasteiger partial charge in [-0.15, -0.1) is 0 Å². The van der Waals surface area contributed by atoms with Crippen molar-refractivity contribution in [1.82, 2.24) is 4.57 Å². The van der Waals surface area contributed by atoms with Gasteiger partial charge in [-0.25, -0.2) is 0 Å². The maximum Gasteiger partial charge on any atom is 0.0620 e. The molecule has 1 heterocycles. The second-order valence-electron chi connectivity index (χ2n) is 5.36. The lowest BCUT2D eigenvalue weighted by atomic mass is 9.98. The minimum Gasteiger partial charge on any atom is -0.397 e. The summed E-state index contributed by atoms with van der Waals surface area (Å²) in [5.74, 6) is 0. The van der Waals surface area contributed by atoms with E-state index in [0.29, 0.717) is 11.4 Å². The normalized spacial score (nSPS) is 12.2. The quantitative estimate of drug-likeness (QED) is 0.711. The number of benzene rings is 2. The number of rotatable bonds is 4. The number of halogens is 1. The van der Waals surface area contributed by atoms with Crippen LogP contribution in [0.25, 0.3) is 0 Å². The van der Waals surface area contributed by atoms with Crippen LogP contribution in [0.4, 0.5) is 11.4 Å². The molecule has 0 saturated carbocycles. The highest BCUT2D eigenvalue weighted by molar-refractivity contribution is 6.30. The number of nitrogens with zero attached hydrogens (tertiary/aromatic N) is 1. The van der Waals surface area contributed by atoms with Crippen molar-refractivity contribution >= 4 is 23.0 Å². The molecule has 4 heteroatoms. The largest absolute Gasteiger partial charge is 0.397 e. The molecule has 0 radical (unpaired) electrons. The van der Waals surface area contributed by atoms with E-state index in [1.165, 1.54) is 5.56 Å². The number of aromatic nitrogens is 1. The predicted molar refractivity (Wildman–Crippen MR) is 93.0 cm³/mol. The van der Waals surface area contributed by atoms with Gasteiger partial charge in [0.2, 0.25) is 0 Å². The second kappa shape index (κ2) is 6.16. The van der Waals surface area contributed by atoms with E-state index >= 15 is 0 Å². The molecule has 3 rings (SSSR count). The van der Waals surface area contributed by atoms with Crippen molar-refractivity contribution in [3.63, 3.8) is 0 Å². The summed E-state index contributed by atoms with van der Waals surface area (Å²) in [5.41, 5.74) is 15.3. The van der Waals surface area contributed by atoms with E-state index in [1.807, 2.05) is 42.5 Å². The summed E-state index contributed by atoms with van der Waals surface area (Å²) in [6, 6.07) is 18.0. The Morgan fingerprint density at radius 1 is 0.909 bits per heavy atom. The number of nitrogens with two attached hydrogens (primary N) is 2. The Bertz CT molecular complexity index is 749. The van der Waals surface area contributed by atoms with Gasteiger partial charge in [-0.2, -0.15) is 0 Å². The highest BCUT2D eigenvalue weighted by atomic mass is 35.5. The average molecular weight is 312 g/mol. The lowest BCUT2D eigenvalue weighted by Crippen LogP contribution is -2.12. The molecular formula is C18H18ClN3. The first-order chi connectivity index (χ1) is 10.6. The zero-order valence-corrected chi connectivity index (χ0v) is 12.9. The van der Waals surface area contributed by atoms with Crippen molar-refractivity contribution in [2.24, 2.45) is 0 Å². The SMILES string of the molecule is Nc1ccc(CC(c2ccc(Cl)cc2)n2cccc2)cc1N. The molecule has 3 nitrogen and oxygen atoms in total. The number of hydrogen-bond donors (Lipinski definition) is 2. The molecule has 0 aliphatic heterocycles. The van der Waals surface area contributed by atoms with E-state index in [-0.39, 0.29) is 6.04 Å². The molecular weight excluding hydrogens is 294 g/mol. The Morgan fingerprint density at radius 2 is 1.59 bits per heavy atom. The van der Waals surface area contributed by atoms with E-state index in [2.05, 4.69) is 29.1 Å². The monoisotopic (exact) mass is 311 g/mol. The Morgan fingerprint density at radius 3 is 2.23 bits per heavy atom. The summed E-state index contributed by atoms with van der Waals surface area (Å²) >= 11 is 6.00. The summed E-state index contributed by atoms with van der Waals surface area (Å²) in [6.45, 7) is 0. The lowest BCUT2D eigenvalue weighted by molar-refractivity contribution is 0.584. The van der Waals surface area contributed by atoms with E-state index in [1.54, 1.807) is 0 Å². The van der Waals surface area contributed by atoms with Crippen LogP contribution in [-0.2, 0) is 6.42 Å². The van der Waals surface area contributed by atoms with Crippen LogP contribution in [0.1, 0.15) is 17.2 Å². The molecule has 0 bridgehead atoms. The molecule has 0 amide bonds. The molecule has 0 aliphatic rings. The summed E-state index contributed by atoms with van der Waals surface area (Å²) in [5, 5.41) is 0.742. The fourth-order valence-corrected chi connectivity index (χ4v) is 2.74. The second-order valence-corrected chi connectivity index (χ2v) is 5.80. The Kier molecular flexibility index (Phi) is 4.07. The van der Waals surface area contributed by atoms with Gasteiger partial charge in [0.05, 0.1) is 17.4 Å². The van der Waals surface area contributed by atoms with Crippen molar-refractivity contribution in [3.05, 3.63) is 83.1 Å². The van der Waals surface area contributed by atoms with Crippen molar-refractivity contribution < 1.29 is 0 Å². The maximum absolute atomic E-state index is 6.00. The van der Waals surface area contributed by atoms with Gasteiger partial charge < -0.3 is 16.0 Å². The highest BCUT2D eigenvalue weighted by Gasteiger charge is 2.14. The van der Waals surface area contributed by atoms with Crippen LogP contribution >= 0.6 is 11.6 Å². The number of nitrogen functional groups attached to an aromatic ring is 2. The fraction of sp³-hybridized carbons (Fsp3) is 0.111. The molecule has 0 saturated heterocycles. The van der Waals surface area contributed by atoms with Crippen LogP contribution in [-0.4, -0.2) is 4.57 Å². The topological polar surface area (TPSA) is 57.0 Å². The van der Waals surface area contributed by atoms with E-state index in [4.69, 9.17) is 23.1 Å². The number of hydrogen-bond acceptors (Lipinski definition) is 2. The molecule has 1 aromatic heterocycles. The smallest absolute Gasteiger partial charge is 0.0620 e. The van der Waals surface area contributed by atoms with Gasteiger partial charge in [0.25, 0.3) is 0 Å². The third-order valence-electron chi connectivity index (χ3n) is 3.82. The van der Waals surface area contributed by atoms with Crippen LogP contribution in [0.3, 0.4) is 0 Å². The van der Waals surface area contributed by atoms with Gasteiger partial charge in [0.1, 0.15) is 0 Å². The Balaban J connectivity index is 1.95. The standard InChI is InChI=1S/C18H18ClN3/c19-15-6-4-14(5-7-15)18(22-9-1-2-10-22)12-13-3-8-16(20)17(21)11-13/h1-11,18H,12,20-21H2. The minimum atomic E-state index is 0.190. The van der Waals surface area contributed by atoms with Gasteiger partial charge in [0, 0.05) is 17.4 Å². The van der Waals surface area contributed by atoms with Crippen LogP contribution < -0.4 is 11.5 Å². The van der Waals surface area contributed by atoms with Crippen LogP contribution in [0, 0.1) is 0 Å². The van der Waals surface area contributed by atoms with Crippen molar-refractivity contribution in [2.45, 2.75) is 12.5 Å². The Labute approximate surface area is 135 Å². The molecule has 22 heavy (non-hydrogen) atoms. The Hall–Kier alpha value is -2.39. The molecule has 2 aromatic carbocycles.